The van der Waals surface area contributed by atoms with Gasteiger partial charge in [-0.1, -0.05) is 22.9 Å². The summed E-state index contributed by atoms with van der Waals surface area (Å²) in [7, 11) is -2.93. The van der Waals surface area contributed by atoms with Crippen LogP contribution in [0.25, 0.3) is 11.5 Å². The SMILES string of the molecule is CCCN(Cn1nc(-c2ccc(Br)cc2)oc1=S)[C@@H]1CCS(=O)(=O)C1. The first kappa shape index (κ1) is 18.8. The van der Waals surface area contributed by atoms with Crippen molar-refractivity contribution in [1.82, 2.24) is 14.7 Å². The van der Waals surface area contributed by atoms with Crippen molar-refractivity contribution in [2.45, 2.75) is 32.5 Å². The third-order valence-electron chi connectivity index (χ3n) is 4.25. The number of aromatic nitrogens is 2. The summed E-state index contributed by atoms with van der Waals surface area (Å²) in [5, 5.41) is 4.48. The van der Waals surface area contributed by atoms with Gasteiger partial charge in [0.05, 0.1) is 18.2 Å². The molecule has 1 aliphatic rings. The van der Waals surface area contributed by atoms with Gasteiger partial charge >= 0.3 is 0 Å². The van der Waals surface area contributed by atoms with E-state index in [-0.39, 0.29) is 17.5 Å². The van der Waals surface area contributed by atoms with Crippen LogP contribution in [0.4, 0.5) is 0 Å². The van der Waals surface area contributed by atoms with E-state index in [1.54, 1.807) is 4.68 Å². The molecule has 0 spiro atoms. The Bertz CT molecular complexity index is 890. The van der Waals surface area contributed by atoms with Gasteiger partial charge in [0.15, 0.2) is 9.84 Å². The lowest BCUT2D eigenvalue weighted by atomic mass is 10.2. The Morgan fingerprint density at radius 2 is 2.12 bits per heavy atom. The molecule has 2 aromatic rings. The minimum atomic E-state index is -2.93. The second-order valence-electron chi connectivity index (χ2n) is 6.19. The molecular weight excluding hydrogens is 426 g/mol. The molecule has 2 heterocycles. The fourth-order valence-corrected chi connectivity index (χ4v) is 5.20. The normalized spacial score (nSPS) is 19.6. The number of hydrogen-bond acceptors (Lipinski definition) is 6. The number of halogens is 1. The van der Waals surface area contributed by atoms with E-state index in [0.29, 0.717) is 23.8 Å². The van der Waals surface area contributed by atoms with Crippen molar-refractivity contribution in [3.8, 4) is 11.5 Å². The number of sulfone groups is 1. The summed E-state index contributed by atoms with van der Waals surface area (Å²) in [5.41, 5.74) is 0.846. The molecule has 1 aromatic heterocycles. The van der Waals surface area contributed by atoms with Crippen LogP contribution >= 0.6 is 28.1 Å². The number of benzene rings is 1. The molecule has 0 amide bonds. The van der Waals surface area contributed by atoms with E-state index in [0.717, 1.165) is 23.0 Å². The molecular formula is C16H20BrN3O3S2. The smallest absolute Gasteiger partial charge is 0.288 e. The molecule has 0 aliphatic carbocycles. The lowest BCUT2D eigenvalue weighted by Gasteiger charge is -2.26. The Balaban J connectivity index is 1.81. The monoisotopic (exact) mass is 445 g/mol. The fourth-order valence-electron chi connectivity index (χ4n) is 3.00. The second-order valence-corrected chi connectivity index (χ2v) is 9.68. The van der Waals surface area contributed by atoms with Crippen LogP contribution in [0.3, 0.4) is 0 Å². The van der Waals surface area contributed by atoms with Crippen molar-refractivity contribution in [3.63, 3.8) is 0 Å². The summed E-state index contributed by atoms with van der Waals surface area (Å²) in [6.45, 7) is 3.31. The third kappa shape index (κ3) is 4.58. The minimum absolute atomic E-state index is 0.0136. The largest absolute Gasteiger partial charge is 0.409 e. The number of rotatable bonds is 6. The maximum Gasteiger partial charge on any atom is 0.288 e. The van der Waals surface area contributed by atoms with Gasteiger partial charge in [-0.3, -0.25) is 4.90 Å². The van der Waals surface area contributed by atoms with Gasteiger partial charge in [-0.05, 0) is 55.9 Å². The number of nitrogens with zero attached hydrogens (tertiary/aromatic N) is 3. The van der Waals surface area contributed by atoms with Crippen LogP contribution in [0.1, 0.15) is 19.8 Å². The average molecular weight is 446 g/mol. The first-order valence-electron chi connectivity index (χ1n) is 8.16. The predicted molar refractivity (Wildman–Crippen MR) is 103 cm³/mol. The highest BCUT2D eigenvalue weighted by molar-refractivity contribution is 9.10. The third-order valence-corrected chi connectivity index (χ3v) is 6.82. The fraction of sp³-hybridized carbons (Fsp3) is 0.500. The molecule has 1 saturated heterocycles. The molecule has 0 saturated carbocycles. The van der Waals surface area contributed by atoms with Crippen LogP contribution in [-0.4, -0.2) is 47.2 Å². The second kappa shape index (κ2) is 7.69. The van der Waals surface area contributed by atoms with E-state index in [2.05, 4.69) is 32.9 Å². The molecule has 9 heteroatoms. The molecule has 25 heavy (non-hydrogen) atoms. The highest BCUT2D eigenvalue weighted by atomic mass is 79.9. The minimum Gasteiger partial charge on any atom is -0.409 e. The molecule has 1 fully saturated rings. The van der Waals surface area contributed by atoms with Crippen LogP contribution in [0.2, 0.25) is 0 Å². The van der Waals surface area contributed by atoms with Gasteiger partial charge < -0.3 is 4.42 Å². The number of hydrogen-bond donors (Lipinski definition) is 0. The Morgan fingerprint density at radius 1 is 1.40 bits per heavy atom. The van der Waals surface area contributed by atoms with Crippen LogP contribution in [0.15, 0.2) is 33.2 Å². The molecule has 0 bridgehead atoms. The van der Waals surface area contributed by atoms with E-state index in [9.17, 15) is 8.42 Å². The summed E-state index contributed by atoms with van der Waals surface area (Å²) >= 11 is 8.70. The Kier molecular flexibility index (Phi) is 5.77. The van der Waals surface area contributed by atoms with E-state index in [4.69, 9.17) is 16.6 Å². The van der Waals surface area contributed by atoms with Crippen molar-refractivity contribution in [3.05, 3.63) is 33.6 Å². The van der Waals surface area contributed by atoms with Crippen molar-refractivity contribution < 1.29 is 12.8 Å². The Labute approximate surface area is 160 Å². The van der Waals surface area contributed by atoms with Gasteiger partial charge in [0, 0.05) is 16.1 Å². The van der Waals surface area contributed by atoms with Crippen molar-refractivity contribution in [1.29, 1.82) is 0 Å². The van der Waals surface area contributed by atoms with E-state index in [1.807, 2.05) is 24.3 Å². The van der Waals surface area contributed by atoms with Gasteiger partial charge in [-0.15, -0.1) is 5.10 Å². The first-order valence-corrected chi connectivity index (χ1v) is 11.2. The van der Waals surface area contributed by atoms with Crippen LogP contribution in [-0.2, 0) is 16.5 Å². The maximum absolute atomic E-state index is 11.8. The average Bonchev–Trinajstić information content (AvgIpc) is 3.10. The van der Waals surface area contributed by atoms with Gasteiger partial charge in [-0.25, -0.2) is 13.1 Å². The summed E-state index contributed by atoms with van der Waals surface area (Å²) in [5.74, 6) is 0.928. The zero-order valence-corrected chi connectivity index (χ0v) is 17.1. The van der Waals surface area contributed by atoms with Crippen molar-refractivity contribution in [2.75, 3.05) is 18.1 Å². The lowest BCUT2D eigenvalue weighted by Crippen LogP contribution is -2.38. The molecule has 6 nitrogen and oxygen atoms in total. The predicted octanol–water partition coefficient (Wildman–Crippen LogP) is 3.49. The maximum atomic E-state index is 11.8. The summed E-state index contributed by atoms with van der Waals surface area (Å²) in [6.07, 6.45) is 1.59. The molecule has 1 atom stereocenters. The summed E-state index contributed by atoms with van der Waals surface area (Å²) < 4.78 is 31.8. The van der Waals surface area contributed by atoms with Gasteiger partial charge in [0.25, 0.3) is 4.84 Å². The zero-order valence-electron chi connectivity index (χ0n) is 13.9. The molecule has 0 radical (unpaired) electrons. The zero-order chi connectivity index (χ0) is 18.0. The van der Waals surface area contributed by atoms with Crippen molar-refractivity contribution >= 4 is 38.0 Å². The van der Waals surface area contributed by atoms with E-state index < -0.39 is 9.84 Å². The van der Waals surface area contributed by atoms with Crippen molar-refractivity contribution in [2.24, 2.45) is 0 Å². The Hall–Kier alpha value is -1.03. The molecule has 1 aliphatic heterocycles. The van der Waals surface area contributed by atoms with Gasteiger partial charge in [-0.2, -0.15) is 0 Å². The summed E-state index contributed by atoms with van der Waals surface area (Å²) in [6, 6.07) is 7.66. The van der Waals surface area contributed by atoms with Crippen LogP contribution in [0, 0.1) is 4.84 Å². The van der Waals surface area contributed by atoms with Gasteiger partial charge in [0.1, 0.15) is 0 Å². The first-order chi connectivity index (χ1) is 11.9. The highest BCUT2D eigenvalue weighted by Crippen LogP contribution is 2.22. The molecule has 0 N–H and O–H groups in total. The van der Waals surface area contributed by atoms with Crippen LogP contribution in [0.5, 0.6) is 0 Å². The van der Waals surface area contributed by atoms with Crippen LogP contribution < -0.4 is 0 Å². The molecule has 1 aromatic carbocycles. The lowest BCUT2D eigenvalue weighted by molar-refractivity contribution is 0.153. The molecule has 0 unspecified atom stereocenters. The Morgan fingerprint density at radius 3 is 2.72 bits per heavy atom. The quantitative estimate of drug-likeness (QED) is 0.633. The molecule has 136 valence electrons. The standard InChI is InChI=1S/C16H20BrN3O3S2/c1-2-8-19(14-7-9-25(21,22)10-14)11-20-16(24)23-15(18-20)12-3-5-13(17)6-4-12/h3-6,14H,2,7-11H2,1H3/t14-/m1/s1. The topological polar surface area (TPSA) is 68.3 Å². The molecule has 3 rings (SSSR count). The van der Waals surface area contributed by atoms with E-state index >= 15 is 0 Å². The summed E-state index contributed by atoms with van der Waals surface area (Å²) in [4.78, 5) is 2.42. The van der Waals surface area contributed by atoms with Gasteiger partial charge in [0.2, 0.25) is 5.89 Å². The highest BCUT2D eigenvalue weighted by Gasteiger charge is 2.32. The van der Waals surface area contributed by atoms with E-state index in [1.165, 1.54) is 0 Å².